The lowest BCUT2D eigenvalue weighted by atomic mass is 10.2. The van der Waals surface area contributed by atoms with E-state index >= 15 is 0 Å². The predicted molar refractivity (Wildman–Crippen MR) is 75.5 cm³/mol. The molecule has 9 heteroatoms. The van der Waals surface area contributed by atoms with Gasteiger partial charge in [-0.05, 0) is 20.8 Å². The second-order valence-electron chi connectivity index (χ2n) is 5.54. The number of hydrogen-bond acceptors (Lipinski definition) is 6. The second-order valence-corrected chi connectivity index (χ2v) is 5.54. The standard InChI is InChI=1S/C13H20N4O5/c1-13(2,3)22-12(20)16-10(11(19)21-4)8-5-17(7-15-8)6-9(14)18/h5,7,10H,6H2,1-4H3,(H2,14,18)(H,16,20). The van der Waals surface area contributed by atoms with Crippen molar-refractivity contribution in [1.29, 1.82) is 0 Å². The molecule has 0 aliphatic rings. The van der Waals surface area contributed by atoms with Gasteiger partial charge in [-0.1, -0.05) is 0 Å². The van der Waals surface area contributed by atoms with Crippen molar-refractivity contribution in [3.05, 3.63) is 18.2 Å². The number of imidazole rings is 1. The van der Waals surface area contributed by atoms with E-state index in [1.807, 2.05) is 0 Å². The van der Waals surface area contributed by atoms with Crippen molar-refractivity contribution in [1.82, 2.24) is 14.9 Å². The average molecular weight is 312 g/mol. The van der Waals surface area contributed by atoms with E-state index in [9.17, 15) is 14.4 Å². The number of rotatable bonds is 5. The largest absolute Gasteiger partial charge is 0.467 e. The zero-order valence-electron chi connectivity index (χ0n) is 13.0. The van der Waals surface area contributed by atoms with Gasteiger partial charge in [-0.2, -0.15) is 0 Å². The van der Waals surface area contributed by atoms with Crippen molar-refractivity contribution >= 4 is 18.0 Å². The highest BCUT2D eigenvalue weighted by atomic mass is 16.6. The molecular weight excluding hydrogens is 292 g/mol. The van der Waals surface area contributed by atoms with Crippen LogP contribution >= 0.6 is 0 Å². The molecule has 9 nitrogen and oxygen atoms in total. The van der Waals surface area contributed by atoms with Gasteiger partial charge in [-0.15, -0.1) is 0 Å². The lowest BCUT2D eigenvalue weighted by molar-refractivity contribution is -0.143. The first-order valence-corrected chi connectivity index (χ1v) is 6.49. The smallest absolute Gasteiger partial charge is 0.408 e. The summed E-state index contributed by atoms with van der Waals surface area (Å²) in [6.45, 7) is 5.00. The third-order valence-corrected chi connectivity index (χ3v) is 2.39. The van der Waals surface area contributed by atoms with Crippen LogP contribution in [-0.4, -0.2) is 40.2 Å². The molecule has 1 unspecified atom stereocenters. The molecule has 0 fully saturated rings. The zero-order chi connectivity index (χ0) is 16.9. The highest BCUT2D eigenvalue weighted by molar-refractivity contribution is 5.82. The number of nitrogens with two attached hydrogens (primary N) is 1. The van der Waals surface area contributed by atoms with Crippen molar-refractivity contribution < 1.29 is 23.9 Å². The van der Waals surface area contributed by atoms with E-state index in [1.54, 1.807) is 20.8 Å². The number of nitrogens with zero attached hydrogens (tertiary/aromatic N) is 2. The minimum Gasteiger partial charge on any atom is -0.467 e. The molecule has 2 amide bonds. The van der Waals surface area contributed by atoms with Crippen LogP contribution in [0.1, 0.15) is 32.5 Å². The summed E-state index contributed by atoms with van der Waals surface area (Å²) in [5, 5.41) is 2.38. The van der Waals surface area contributed by atoms with E-state index in [1.165, 1.54) is 24.2 Å². The molecule has 1 atom stereocenters. The fourth-order valence-corrected chi connectivity index (χ4v) is 1.59. The van der Waals surface area contributed by atoms with Crippen molar-refractivity contribution in [3.8, 4) is 0 Å². The monoisotopic (exact) mass is 312 g/mol. The van der Waals surface area contributed by atoms with Gasteiger partial charge in [-0.3, -0.25) is 4.79 Å². The van der Waals surface area contributed by atoms with Crippen LogP contribution < -0.4 is 11.1 Å². The number of methoxy groups -OCH3 is 1. The predicted octanol–water partition coefficient (Wildman–Crippen LogP) is 0.107. The summed E-state index contributed by atoms with van der Waals surface area (Å²) in [6, 6.07) is -1.14. The van der Waals surface area contributed by atoms with Crippen LogP contribution in [0.2, 0.25) is 0 Å². The fourth-order valence-electron chi connectivity index (χ4n) is 1.59. The minimum absolute atomic E-state index is 0.0900. The Labute approximate surface area is 127 Å². The van der Waals surface area contributed by atoms with E-state index < -0.39 is 29.6 Å². The third-order valence-electron chi connectivity index (χ3n) is 2.39. The summed E-state index contributed by atoms with van der Waals surface area (Å²) >= 11 is 0. The third kappa shape index (κ3) is 5.43. The molecule has 0 saturated carbocycles. The van der Waals surface area contributed by atoms with Gasteiger partial charge in [0.1, 0.15) is 12.1 Å². The highest BCUT2D eigenvalue weighted by Gasteiger charge is 2.28. The Morgan fingerprint density at radius 2 is 2.05 bits per heavy atom. The Hall–Kier alpha value is -2.58. The lowest BCUT2D eigenvalue weighted by Crippen LogP contribution is -2.38. The van der Waals surface area contributed by atoms with E-state index in [0.717, 1.165) is 0 Å². The van der Waals surface area contributed by atoms with Gasteiger partial charge in [0.2, 0.25) is 5.91 Å². The summed E-state index contributed by atoms with van der Waals surface area (Å²) in [6.07, 6.45) is 1.96. The van der Waals surface area contributed by atoms with Crippen LogP contribution in [0.5, 0.6) is 0 Å². The Morgan fingerprint density at radius 1 is 1.41 bits per heavy atom. The number of hydrogen-bond donors (Lipinski definition) is 2. The minimum atomic E-state index is -1.14. The second kappa shape index (κ2) is 6.92. The van der Waals surface area contributed by atoms with E-state index in [0.29, 0.717) is 0 Å². The first-order valence-electron chi connectivity index (χ1n) is 6.49. The zero-order valence-corrected chi connectivity index (χ0v) is 13.0. The fraction of sp³-hybridized carbons (Fsp3) is 0.538. The lowest BCUT2D eigenvalue weighted by Gasteiger charge is -2.21. The first kappa shape index (κ1) is 17.5. The van der Waals surface area contributed by atoms with Gasteiger partial charge in [0.25, 0.3) is 0 Å². The van der Waals surface area contributed by atoms with E-state index in [2.05, 4.69) is 15.0 Å². The number of alkyl carbamates (subject to hydrolysis) is 1. The Bertz CT molecular complexity index is 561. The Kier molecular flexibility index (Phi) is 5.50. The van der Waals surface area contributed by atoms with Crippen LogP contribution in [0.25, 0.3) is 0 Å². The van der Waals surface area contributed by atoms with E-state index in [4.69, 9.17) is 10.5 Å². The van der Waals surface area contributed by atoms with Gasteiger partial charge in [-0.25, -0.2) is 14.6 Å². The highest BCUT2D eigenvalue weighted by Crippen LogP contribution is 2.14. The summed E-state index contributed by atoms with van der Waals surface area (Å²) in [5.41, 5.74) is 4.57. The maximum atomic E-state index is 11.8. The van der Waals surface area contributed by atoms with Gasteiger partial charge >= 0.3 is 12.1 Å². The molecule has 0 radical (unpaired) electrons. The summed E-state index contributed by atoms with van der Waals surface area (Å²) < 4.78 is 11.1. The molecule has 1 heterocycles. The number of amides is 2. The number of carbonyl (C=O) groups excluding carboxylic acids is 3. The molecule has 22 heavy (non-hydrogen) atoms. The number of ether oxygens (including phenoxy) is 2. The Balaban J connectivity index is 2.89. The average Bonchev–Trinajstić information content (AvgIpc) is 2.80. The number of aromatic nitrogens is 2. The van der Waals surface area contributed by atoms with Gasteiger partial charge < -0.3 is 25.1 Å². The van der Waals surface area contributed by atoms with Crippen molar-refractivity contribution in [3.63, 3.8) is 0 Å². The number of carbonyl (C=O) groups is 3. The van der Waals surface area contributed by atoms with Gasteiger partial charge in [0.05, 0.1) is 19.1 Å². The number of nitrogens with one attached hydrogen (secondary N) is 1. The topological polar surface area (TPSA) is 126 Å². The molecule has 0 saturated heterocycles. The number of primary amides is 1. The molecule has 3 N–H and O–H groups in total. The van der Waals surface area contributed by atoms with Crippen LogP contribution in [0.15, 0.2) is 12.5 Å². The summed E-state index contributed by atoms with van der Waals surface area (Å²) in [7, 11) is 1.19. The molecule has 122 valence electrons. The molecule has 0 aromatic carbocycles. The number of esters is 1. The molecule has 1 rings (SSSR count). The first-order chi connectivity index (χ1) is 10.1. The normalized spacial score (nSPS) is 12.4. The molecule has 0 aliphatic heterocycles. The molecule has 1 aromatic heterocycles. The van der Waals surface area contributed by atoms with Gasteiger partial charge in [0, 0.05) is 6.20 Å². The van der Waals surface area contributed by atoms with Crippen LogP contribution in [0.3, 0.4) is 0 Å². The molecule has 0 spiro atoms. The maximum absolute atomic E-state index is 11.8. The summed E-state index contributed by atoms with van der Waals surface area (Å²) in [5.74, 6) is -1.27. The molecular formula is C13H20N4O5. The van der Waals surface area contributed by atoms with Crippen molar-refractivity contribution in [2.45, 2.75) is 39.0 Å². The van der Waals surface area contributed by atoms with E-state index in [-0.39, 0.29) is 12.2 Å². The molecule has 1 aromatic rings. The van der Waals surface area contributed by atoms with Crippen LogP contribution in [0, 0.1) is 0 Å². The van der Waals surface area contributed by atoms with Crippen molar-refractivity contribution in [2.75, 3.05) is 7.11 Å². The van der Waals surface area contributed by atoms with Crippen LogP contribution in [-0.2, 0) is 25.6 Å². The summed E-state index contributed by atoms with van der Waals surface area (Å²) in [4.78, 5) is 38.4. The van der Waals surface area contributed by atoms with Crippen LogP contribution in [0.4, 0.5) is 4.79 Å². The SMILES string of the molecule is COC(=O)C(NC(=O)OC(C)(C)C)c1cn(CC(N)=O)cn1. The maximum Gasteiger partial charge on any atom is 0.408 e. The van der Waals surface area contributed by atoms with Gasteiger partial charge in [0.15, 0.2) is 6.04 Å². The Morgan fingerprint density at radius 3 is 2.55 bits per heavy atom. The van der Waals surface area contributed by atoms with Crippen molar-refractivity contribution in [2.24, 2.45) is 5.73 Å². The molecule has 0 bridgehead atoms. The quantitative estimate of drug-likeness (QED) is 0.743. The molecule has 0 aliphatic carbocycles.